The summed E-state index contributed by atoms with van der Waals surface area (Å²) in [6.45, 7) is 8.83. The Bertz CT molecular complexity index is 890. The number of hydrogen-bond acceptors (Lipinski definition) is 5. The van der Waals surface area contributed by atoms with Gasteiger partial charge in [0.25, 0.3) is 0 Å². The van der Waals surface area contributed by atoms with Gasteiger partial charge in [0.15, 0.2) is 11.7 Å². The molecule has 0 aliphatic carbocycles. The number of aromatic nitrogens is 4. The number of benzene rings is 1. The summed E-state index contributed by atoms with van der Waals surface area (Å²) in [6, 6.07) is 10.3. The number of halogens is 1. The van der Waals surface area contributed by atoms with Gasteiger partial charge >= 0.3 is 0 Å². The molecule has 0 saturated carbocycles. The zero-order chi connectivity index (χ0) is 19.8. The van der Waals surface area contributed by atoms with Crippen LogP contribution in [0.15, 0.2) is 52.5 Å². The number of aliphatic imine (C=N–C) groups is 1. The van der Waals surface area contributed by atoms with Crippen LogP contribution in [0, 0.1) is 0 Å². The van der Waals surface area contributed by atoms with Crippen molar-refractivity contribution in [1.82, 2.24) is 30.6 Å². The highest BCUT2D eigenvalue weighted by Crippen LogP contribution is 2.13. The van der Waals surface area contributed by atoms with Gasteiger partial charge in [0.1, 0.15) is 12.7 Å². The van der Waals surface area contributed by atoms with Crippen molar-refractivity contribution in [3.8, 4) is 0 Å². The molecule has 0 fully saturated rings. The molecule has 0 bridgehead atoms. The van der Waals surface area contributed by atoms with Crippen molar-refractivity contribution in [3.05, 3.63) is 65.6 Å². The van der Waals surface area contributed by atoms with Gasteiger partial charge in [-0.25, -0.2) is 14.7 Å². The van der Waals surface area contributed by atoms with E-state index in [9.17, 15) is 0 Å². The van der Waals surface area contributed by atoms with Gasteiger partial charge < -0.3 is 15.2 Å². The van der Waals surface area contributed by atoms with E-state index in [1.807, 2.05) is 19.1 Å². The molecule has 29 heavy (non-hydrogen) atoms. The SMILES string of the molecule is CCNC(=NCc1cccc(Cn2cncn2)c1)NCc1cc(C(C)C)no1.I. The fourth-order valence-corrected chi connectivity index (χ4v) is 2.70. The topological polar surface area (TPSA) is 93.2 Å². The van der Waals surface area contributed by atoms with Crippen LogP contribution in [0.5, 0.6) is 0 Å². The first-order chi connectivity index (χ1) is 13.6. The Kier molecular flexibility index (Phi) is 9.10. The summed E-state index contributed by atoms with van der Waals surface area (Å²) < 4.78 is 7.18. The first-order valence-electron chi connectivity index (χ1n) is 9.52. The van der Waals surface area contributed by atoms with Crippen LogP contribution in [0.25, 0.3) is 0 Å². The standard InChI is InChI=1S/C20H27N7O.HI/c1-4-22-20(24-11-18-9-19(15(2)3)26-28-18)23-10-16-6-5-7-17(8-16)12-27-14-21-13-25-27;/h5-9,13-15H,4,10-12H2,1-3H3,(H2,22,23,24);1H. The summed E-state index contributed by atoms with van der Waals surface area (Å²) >= 11 is 0. The van der Waals surface area contributed by atoms with Crippen molar-refractivity contribution in [2.75, 3.05) is 6.54 Å². The Morgan fingerprint density at radius 3 is 2.72 bits per heavy atom. The highest BCUT2D eigenvalue weighted by Gasteiger charge is 2.08. The number of rotatable bonds is 8. The highest BCUT2D eigenvalue weighted by atomic mass is 127. The summed E-state index contributed by atoms with van der Waals surface area (Å²) in [4.78, 5) is 8.65. The van der Waals surface area contributed by atoms with E-state index in [0.717, 1.165) is 29.5 Å². The van der Waals surface area contributed by atoms with E-state index < -0.39 is 0 Å². The lowest BCUT2D eigenvalue weighted by Crippen LogP contribution is -2.36. The Labute approximate surface area is 188 Å². The van der Waals surface area contributed by atoms with Gasteiger partial charge in [0.05, 0.1) is 25.3 Å². The van der Waals surface area contributed by atoms with Crippen LogP contribution in [-0.4, -0.2) is 32.4 Å². The first-order valence-corrected chi connectivity index (χ1v) is 9.52. The smallest absolute Gasteiger partial charge is 0.191 e. The lowest BCUT2D eigenvalue weighted by molar-refractivity contribution is 0.372. The summed E-state index contributed by atoms with van der Waals surface area (Å²) in [7, 11) is 0. The van der Waals surface area contributed by atoms with Gasteiger partial charge in [-0.05, 0) is 24.0 Å². The molecule has 0 radical (unpaired) electrons. The summed E-state index contributed by atoms with van der Waals surface area (Å²) in [5.41, 5.74) is 3.26. The van der Waals surface area contributed by atoms with Crippen LogP contribution in [0.3, 0.4) is 0 Å². The van der Waals surface area contributed by atoms with Crippen LogP contribution < -0.4 is 10.6 Å². The molecule has 156 valence electrons. The number of nitrogens with zero attached hydrogens (tertiary/aromatic N) is 5. The minimum absolute atomic E-state index is 0. The third-order valence-electron chi connectivity index (χ3n) is 4.17. The fraction of sp³-hybridized carbons (Fsp3) is 0.400. The molecule has 8 nitrogen and oxygen atoms in total. The monoisotopic (exact) mass is 509 g/mol. The average molecular weight is 509 g/mol. The molecule has 1 aromatic carbocycles. The van der Waals surface area contributed by atoms with E-state index in [0.29, 0.717) is 25.6 Å². The van der Waals surface area contributed by atoms with E-state index in [1.54, 1.807) is 17.3 Å². The van der Waals surface area contributed by atoms with Crippen molar-refractivity contribution in [3.63, 3.8) is 0 Å². The molecule has 3 aromatic rings. The second-order valence-electron chi connectivity index (χ2n) is 6.83. The molecule has 3 rings (SSSR count). The zero-order valence-electron chi connectivity index (χ0n) is 17.0. The van der Waals surface area contributed by atoms with E-state index in [4.69, 9.17) is 4.52 Å². The predicted octanol–water partition coefficient (Wildman–Crippen LogP) is 3.31. The minimum atomic E-state index is 0. The van der Waals surface area contributed by atoms with Crippen molar-refractivity contribution in [1.29, 1.82) is 0 Å². The highest BCUT2D eigenvalue weighted by molar-refractivity contribution is 14.0. The molecular weight excluding hydrogens is 481 g/mol. The van der Waals surface area contributed by atoms with Crippen LogP contribution in [0.4, 0.5) is 0 Å². The van der Waals surface area contributed by atoms with Gasteiger partial charge in [0.2, 0.25) is 0 Å². The Morgan fingerprint density at radius 2 is 2.03 bits per heavy atom. The third-order valence-corrected chi connectivity index (χ3v) is 4.17. The minimum Gasteiger partial charge on any atom is -0.359 e. The van der Waals surface area contributed by atoms with Gasteiger partial charge in [-0.1, -0.05) is 43.3 Å². The number of nitrogens with one attached hydrogen (secondary N) is 2. The molecule has 9 heteroatoms. The molecular formula is C20H28IN7O. The van der Waals surface area contributed by atoms with Crippen molar-refractivity contribution >= 4 is 29.9 Å². The van der Waals surface area contributed by atoms with Gasteiger partial charge in [0, 0.05) is 12.6 Å². The Balaban J connectivity index is 0.00000300. The summed E-state index contributed by atoms with van der Waals surface area (Å²) in [5.74, 6) is 1.89. The lowest BCUT2D eigenvalue weighted by atomic mass is 10.1. The second kappa shape index (κ2) is 11.5. The maximum Gasteiger partial charge on any atom is 0.191 e. The second-order valence-corrected chi connectivity index (χ2v) is 6.83. The molecule has 0 saturated heterocycles. The van der Waals surface area contributed by atoms with Crippen LogP contribution in [0.1, 0.15) is 49.3 Å². The van der Waals surface area contributed by atoms with E-state index >= 15 is 0 Å². The molecule has 2 heterocycles. The van der Waals surface area contributed by atoms with Crippen molar-refractivity contribution < 1.29 is 4.52 Å². The molecule has 0 spiro atoms. The summed E-state index contributed by atoms with van der Waals surface area (Å²) in [5, 5.41) is 14.8. The molecule has 2 N–H and O–H groups in total. The van der Waals surface area contributed by atoms with Crippen molar-refractivity contribution in [2.45, 2.75) is 46.3 Å². The maximum absolute atomic E-state index is 5.37. The number of hydrogen-bond donors (Lipinski definition) is 2. The lowest BCUT2D eigenvalue weighted by Gasteiger charge is -2.10. The van der Waals surface area contributed by atoms with Crippen LogP contribution in [0.2, 0.25) is 0 Å². The normalized spacial score (nSPS) is 11.4. The molecule has 0 atom stereocenters. The van der Waals surface area contributed by atoms with E-state index in [-0.39, 0.29) is 24.0 Å². The van der Waals surface area contributed by atoms with E-state index in [2.05, 4.69) is 62.9 Å². The quantitative estimate of drug-likeness (QED) is 0.275. The van der Waals surface area contributed by atoms with Gasteiger partial charge in [-0.15, -0.1) is 24.0 Å². The molecule has 0 unspecified atom stereocenters. The van der Waals surface area contributed by atoms with Crippen LogP contribution >= 0.6 is 24.0 Å². The van der Waals surface area contributed by atoms with Crippen molar-refractivity contribution in [2.24, 2.45) is 4.99 Å². The molecule has 0 amide bonds. The number of guanidine groups is 1. The molecule has 2 aromatic heterocycles. The van der Waals surface area contributed by atoms with Crippen LogP contribution in [-0.2, 0) is 19.6 Å². The average Bonchev–Trinajstić information content (AvgIpc) is 3.36. The predicted molar refractivity (Wildman–Crippen MR) is 123 cm³/mol. The first kappa shape index (κ1) is 22.9. The fourth-order valence-electron chi connectivity index (χ4n) is 2.70. The molecule has 0 aliphatic rings. The molecule has 0 aliphatic heterocycles. The van der Waals surface area contributed by atoms with E-state index in [1.165, 1.54) is 5.56 Å². The maximum atomic E-state index is 5.37. The Morgan fingerprint density at radius 1 is 1.21 bits per heavy atom. The largest absolute Gasteiger partial charge is 0.359 e. The van der Waals surface area contributed by atoms with Gasteiger partial charge in [-0.3, -0.25) is 0 Å². The third kappa shape index (κ3) is 7.15. The summed E-state index contributed by atoms with van der Waals surface area (Å²) in [6.07, 6.45) is 3.26. The van der Waals surface area contributed by atoms with Gasteiger partial charge in [-0.2, -0.15) is 5.10 Å². The zero-order valence-corrected chi connectivity index (χ0v) is 19.3. The Hall–Kier alpha value is -2.43.